The molecular formula is C14H25N5OS. The Morgan fingerprint density at radius 1 is 1.62 bits per heavy atom. The predicted molar refractivity (Wildman–Crippen MR) is 88.0 cm³/mol. The van der Waals surface area contributed by atoms with Gasteiger partial charge in [-0.1, -0.05) is 18.3 Å². The molecule has 0 radical (unpaired) electrons. The van der Waals surface area contributed by atoms with Gasteiger partial charge in [-0.25, -0.2) is 4.98 Å². The Morgan fingerprint density at radius 2 is 2.33 bits per heavy atom. The Hall–Kier alpha value is -1.34. The Balaban J connectivity index is 2.05. The van der Waals surface area contributed by atoms with Crippen molar-refractivity contribution >= 4 is 28.2 Å². The molecule has 21 heavy (non-hydrogen) atoms. The summed E-state index contributed by atoms with van der Waals surface area (Å²) in [4.78, 5) is 21.5. The molecule has 2 rings (SSSR count). The van der Waals surface area contributed by atoms with Crippen molar-refractivity contribution in [3.8, 4) is 0 Å². The van der Waals surface area contributed by atoms with Crippen molar-refractivity contribution in [3.05, 3.63) is 4.88 Å². The molecule has 2 heterocycles. The first-order valence-electron chi connectivity index (χ1n) is 7.39. The predicted octanol–water partition coefficient (Wildman–Crippen LogP) is 1.25. The first kappa shape index (κ1) is 16.0. The van der Waals surface area contributed by atoms with Crippen molar-refractivity contribution in [3.63, 3.8) is 0 Å². The fourth-order valence-corrected chi connectivity index (χ4v) is 3.50. The second-order valence-electron chi connectivity index (χ2n) is 5.83. The zero-order valence-corrected chi connectivity index (χ0v) is 14.0. The van der Waals surface area contributed by atoms with E-state index in [1.807, 2.05) is 18.9 Å². The molecule has 118 valence electrons. The second kappa shape index (κ2) is 6.62. The van der Waals surface area contributed by atoms with E-state index in [4.69, 9.17) is 5.73 Å². The number of aromatic nitrogens is 1. The fourth-order valence-electron chi connectivity index (χ4n) is 2.58. The molecule has 0 aromatic carbocycles. The molecule has 7 heteroatoms. The smallest absolute Gasteiger partial charge is 0.265 e. The number of amides is 1. The Morgan fingerprint density at radius 3 is 2.95 bits per heavy atom. The van der Waals surface area contributed by atoms with Gasteiger partial charge in [0, 0.05) is 26.2 Å². The van der Waals surface area contributed by atoms with E-state index < -0.39 is 0 Å². The quantitative estimate of drug-likeness (QED) is 0.875. The SMILES string of the molecule is CCN(C)c1nc(N)c(C(=O)NC2CCN(C)CC2C)s1. The summed E-state index contributed by atoms with van der Waals surface area (Å²) in [5.74, 6) is 0.676. The van der Waals surface area contributed by atoms with Crippen molar-refractivity contribution in [2.45, 2.75) is 26.3 Å². The Labute approximate surface area is 130 Å². The van der Waals surface area contributed by atoms with E-state index in [0.717, 1.165) is 31.2 Å². The third-order valence-electron chi connectivity index (χ3n) is 4.07. The fraction of sp³-hybridized carbons (Fsp3) is 0.714. The number of piperidine rings is 1. The third kappa shape index (κ3) is 3.65. The summed E-state index contributed by atoms with van der Waals surface area (Å²) in [5, 5.41) is 3.91. The highest BCUT2D eigenvalue weighted by Gasteiger charge is 2.27. The summed E-state index contributed by atoms with van der Waals surface area (Å²) in [6.45, 7) is 7.06. The number of hydrogen-bond donors (Lipinski definition) is 2. The van der Waals surface area contributed by atoms with Crippen LogP contribution in [0.1, 0.15) is 29.9 Å². The number of likely N-dealkylation sites (tertiary alicyclic amines) is 1. The van der Waals surface area contributed by atoms with Gasteiger partial charge < -0.3 is 20.9 Å². The van der Waals surface area contributed by atoms with Crippen LogP contribution in [0, 0.1) is 5.92 Å². The van der Waals surface area contributed by atoms with Crippen LogP contribution in [0.15, 0.2) is 0 Å². The number of nitrogens with zero attached hydrogens (tertiary/aromatic N) is 3. The molecule has 0 saturated carbocycles. The van der Waals surface area contributed by atoms with Gasteiger partial charge in [-0.05, 0) is 32.9 Å². The third-order valence-corrected chi connectivity index (χ3v) is 5.26. The van der Waals surface area contributed by atoms with E-state index in [9.17, 15) is 4.79 Å². The lowest BCUT2D eigenvalue weighted by molar-refractivity contribution is 0.0888. The van der Waals surface area contributed by atoms with Gasteiger partial charge in [0.1, 0.15) is 10.7 Å². The van der Waals surface area contributed by atoms with Gasteiger partial charge in [-0.15, -0.1) is 0 Å². The maximum Gasteiger partial charge on any atom is 0.265 e. The molecule has 1 aromatic heterocycles. The van der Waals surface area contributed by atoms with E-state index in [1.54, 1.807) is 0 Å². The van der Waals surface area contributed by atoms with Crippen LogP contribution in [0.3, 0.4) is 0 Å². The second-order valence-corrected chi connectivity index (χ2v) is 6.81. The number of nitrogens with two attached hydrogens (primary N) is 1. The normalized spacial score (nSPS) is 23.0. The number of thiazole rings is 1. The molecule has 3 N–H and O–H groups in total. The van der Waals surface area contributed by atoms with Crippen molar-refractivity contribution < 1.29 is 4.79 Å². The topological polar surface area (TPSA) is 74.5 Å². The Kier molecular flexibility index (Phi) is 5.05. The molecule has 1 aliphatic heterocycles. The monoisotopic (exact) mass is 311 g/mol. The number of nitrogen functional groups attached to an aromatic ring is 1. The number of nitrogens with one attached hydrogen (secondary N) is 1. The van der Waals surface area contributed by atoms with E-state index in [2.05, 4.69) is 29.2 Å². The molecule has 0 spiro atoms. The molecule has 1 aliphatic rings. The lowest BCUT2D eigenvalue weighted by atomic mass is 9.94. The molecule has 1 fully saturated rings. The van der Waals surface area contributed by atoms with Crippen LogP contribution in [0.25, 0.3) is 0 Å². The molecular weight excluding hydrogens is 286 g/mol. The highest BCUT2D eigenvalue weighted by atomic mass is 32.1. The minimum Gasteiger partial charge on any atom is -0.382 e. The van der Waals surface area contributed by atoms with Crippen LogP contribution in [0.2, 0.25) is 0 Å². The molecule has 6 nitrogen and oxygen atoms in total. The van der Waals surface area contributed by atoms with Crippen molar-refractivity contribution in [2.75, 3.05) is 44.4 Å². The minimum absolute atomic E-state index is 0.0952. The standard InChI is InChI=1S/C14H25N5OS/c1-5-19(4)14-17-12(15)11(21-14)13(20)16-10-6-7-18(3)8-9(10)2/h9-10H,5-8,15H2,1-4H3,(H,16,20). The highest BCUT2D eigenvalue weighted by molar-refractivity contribution is 7.18. The zero-order valence-electron chi connectivity index (χ0n) is 13.2. The maximum atomic E-state index is 12.4. The molecule has 1 amide bonds. The molecule has 1 saturated heterocycles. The maximum absolute atomic E-state index is 12.4. The van der Waals surface area contributed by atoms with Crippen LogP contribution in [0.5, 0.6) is 0 Å². The molecule has 1 aromatic rings. The van der Waals surface area contributed by atoms with Gasteiger partial charge in [-0.3, -0.25) is 4.79 Å². The Bertz CT molecular complexity index is 504. The van der Waals surface area contributed by atoms with Gasteiger partial charge in [0.05, 0.1) is 0 Å². The van der Waals surface area contributed by atoms with Crippen LogP contribution in [-0.2, 0) is 0 Å². The summed E-state index contributed by atoms with van der Waals surface area (Å²) in [6, 6.07) is 0.211. The summed E-state index contributed by atoms with van der Waals surface area (Å²) in [5.41, 5.74) is 5.90. The lowest BCUT2D eigenvalue weighted by Crippen LogP contribution is -2.48. The van der Waals surface area contributed by atoms with E-state index in [0.29, 0.717) is 16.6 Å². The van der Waals surface area contributed by atoms with E-state index in [1.165, 1.54) is 11.3 Å². The molecule has 0 bridgehead atoms. The summed E-state index contributed by atoms with van der Waals surface area (Å²) in [6.07, 6.45) is 0.976. The number of rotatable bonds is 4. The number of hydrogen-bond acceptors (Lipinski definition) is 6. The summed E-state index contributed by atoms with van der Waals surface area (Å²) >= 11 is 1.36. The van der Waals surface area contributed by atoms with Crippen molar-refractivity contribution in [1.82, 2.24) is 15.2 Å². The average molecular weight is 311 g/mol. The van der Waals surface area contributed by atoms with Gasteiger partial charge in [0.25, 0.3) is 5.91 Å². The summed E-state index contributed by atoms with van der Waals surface area (Å²) in [7, 11) is 4.06. The lowest BCUT2D eigenvalue weighted by Gasteiger charge is -2.35. The minimum atomic E-state index is -0.0952. The first-order valence-corrected chi connectivity index (χ1v) is 8.20. The van der Waals surface area contributed by atoms with Crippen molar-refractivity contribution in [2.24, 2.45) is 5.92 Å². The van der Waals surface area contributed by atoms with Gasteiger partial charge in [0.15, 0.2) is 5.13 Å². The van der Waals surface area contributed by atoms with Crippen LogP contribution < -0.4 is 16.0 Å². The van der Waals surface area contributed by atoms with Crippen molar-refractivity contribution in [1.29, 1.82) is 0 Å². The number of anilines is 2. The molecule has 0 aliphatic carbocycles. The van der Waals surface area contributed by atoms with Gasteiger partial charge in [-0.2, -0.15) is 0 Å². The van der Waals surface area contributed by atoms with E-state index >= 15 is 0 Å². The highest BCUT2D eigenvalue weighted by Crippen LogP contribution is 2.27. The van der Waals surface area contributed by atoms with Gasteiger partial charge in [0.2, 0.25) is 0 Å². The van der Waals surface area contributed by atoms with E-state index in [-0.39, 0.29) is 11.9 Å². The zero-order chi connectivity index (χ0) is 15.6. The van der Waals surface area contributed by atoms with Gasteiger partial charge >= 0.3 is 0 Å². The largest absolute Gasteiger partial charge is 0.382 e. The van der Waals surface area contributed by atoms with Crippen LogP contribution in [-0.4, -0.2) is 55.6 Å². The summed E-state index contributed by atoms with van der Waals surface area (Å²) < 4.78 is 0. The average Bonchev–Trinajstić information content (AvgIpc) is 2.83. The number of carbonyl (C=O) groups is 1. The first-order chi connectivity index (χ1) is 9.92. The molecule has 2 atom stereocenters. The van der Waals surface area contributed by atoms with Crippen LogP contribution in [0.4, 0.5) is 10.9 Å². The molecule has 2 unspecified atom stereocenters. The number of carbonyl (C=O) groups excluding carboxylic acids is 1. The van der Waals surface area contributed by atoms with Crippen LogP contribution >= 0.6 is 11.3 Å².